The lowest BCUT2D eigenvalue weighted by molar-refractivity contribution is 0.103. The lowest BCUT2D eigenvalue weighted by Gasteiger charge is -1.95. The molecule has 0 bridgehead atoms. The molecule has 0 aliphatic carbocycles. The van der Waals surface area contributed by atoms with Crippen LogP contribution in [0.3, 0.4) is 0 Å². The van der Waals surface area contributed by atoms with Crippen LogP contribution in [0, 0.1) is 6.92 Å². The molecule has 0 radical (unpaired) electrons. The molecule has 2 aromatic rings. The summed E-state index contributed by atoms with van der Waals surface area (Å²) in [4.78, 5) is 14.7. The van der Waals surface area contributed by atoms with E-state index in [0.717, 1.165) is 11.1 Å². The minimum absolute atomic E-state index is 0.0729. The number of hydrogen-bond acceptors (Lipinski definition) is 2. The van der Waals surface area contributed by atoms with E-state index in [1.54, 1.807) is 23.6 Å². The van der Waals surface area contributed by atoms with Crippen LogP contribution in [-0.4, -0.2) is 10.8 Å². The number of aromatic nitrogens is 1. The number of aryl methyl sites for hydroxylation is 1. The third-order valence-electron chi connectivity index (χ3n) is 1.94. The minimum atomic E-state index is 0.0729. The third kappa shape index (κ3) is 1.42. The standard InChI is InChI=1S/C10H9NOS/c1-7-5-13-6-8(7)10(12)9-3-2-4-11-9/h2-6,11H,1H3. The third-order valence-corrected chi connectivity index (χ3v) is 2.80. The molecule has 0 spiro atoms. The number of aromatic amines is 1. The number of ketones is 1. The Morgan fingerprint density at radius 2 is 2.31 bits per heavy atom. The first kappa shape index (κ1) is 8.26. The van der Waals surface area contributed by atoms with Crippen molar-refractivity contribution in [3.05, 3.63) is 45.9 Å². The molecule has 2 heterocycles. The highest BCUT2D eigenvalue weighted by Gasteiger charge is 2.12. The zero-order valence-corrected chi connectivity index (χ0v) is 8.02. The lowest BCUT2D eigenvalue weighted by atomic mass is 10.1. The number of thiophene rings is 1. The fraction of sp³-hybridized carbons (Fsp3) is 0.100. The van der Waals surface area contributed by atoms with E-state index in [9.17, 15) is 4.79 Å². The van der Waals surface area contributed by atoms with Gasteiger partial charge in [0.15, 0.2) is 0 Å². The molecule has 2 rings (SSSR count). The topological polar surface area (TPSA) is 32.9 Å². The molecule has 1 N–H and O–H groups in total. The van der Waals surface area contributed by atoms with E-state index in [1.807, 2.05) is 23.8 Å². The zero-order valence-electron chi connectivity index (χ0n) is 7.20. The van der Waals surface area contributed by atoms with Crippen LogP contribution in [0.2, 0.25) is 0 Å². The van der Waals surface area contributed by atoms with Gasteiger partial charge in [-0.15, -0.1) is 0 Å². The SMILES string of the molecule is Cc1cscc1C(=O)c1ccc[nH]1. The van der Waals surface area contributed by atoms with Crippen LogP contribution in [0.15, 0.2) is 29.1 Å². The van der Waals surface area contributed by atoms with Gasteiger partial charge in [0.05, 0.1) is 5.69 Å². The van der Waals surface area contributed by atoms with E-state index in [4.69, 9.17) is 0 Å². The Balaban J connectivity index is 2.39. The fourth-order valence-corrected chi connectivity index (χ4v) is 2.04. The van der Waals surface area contributed by atoms with Gasteiger partial charge >= 0.3 is 0 Å². The van der Waals surface area contributed by atoms with Gasteiger partial charge in [0.25, 0.3) is 0 Å². The van der Waals surface area contributed by atoms with Crippen molar-refractivity contribution in [3.63, 3.8) is 0 Å². The van der Waals surface area contributed by atoms with Gasteiger partial charge in [-0.1, -0.05) is 0 Å². The summed E-state index contributed by atoms with van der Waals surface area (Å²) < 4.78 is 0. The van der Waals surface area contributed by atoms with Crippen molar-refractivity contribution in [1.82, 2.24) is 4.98 Å². The molecule has 0 unspecified atom stereocenters. The van der Waals surface area contributed by atoms with Crippen molar-refractivity contribution >= 4 is 17.1 Å². The molecule has 2 aromatic heterocycles. The zero-order chi connectivity index (χ0) is 9.26. The van der Waals surface area contributed by atoms with Gasteiger partial charge in [0.1, 0.15) is 0 Å². The summed E-state index contributed by atoms with van der Waals surface area (Å²) in [6, 6.07) is 3.62. The van der Waals surface area contributed by atoms with Gasteiger partial charge in [0.2, 0.25) is 5.78 Å². The van der Waals surface area contributed by atoms with Gasteiger partial charge in [-0.25, -0.2) is 0 Å². The number of nitrogens with one attached hydrogen (secondary N) is 1. The van der Waals surface area contributed by atoms with E-state index >= 15 is 0 Å². The van der Waals surface area contributed by atoms with Crippen LogP contribution in [-0.2, 0) is 0 Å². The fourth-order valence-electron chi connectivity index (χ4n) is 1.21. The average molecular weight is 191 g/mol. The van der Waals surface area contributed by atoms with Crippen LogP contribution in [0.1, 0.15) is 21.6 Å². The predicted molar refractivity (Wildman–Crippen MR) is 53.3 cm³/mol. The van der Waals surface area contributed by atoms with Gasteiger partial charge in [-0.2, -0.15) is 11.3 Å². The van der Waals surface area contributed by atoms with Crippen molar-refractivity contribution in [2.24, 2.45) is 0 Å². The van der Waals surface area contributed by atoms with Gasteiger partial charge < -0.3 is 4.98 Å². The summed E-state index contributed by atoms with van der Waals surface area (Å²) in [5, 5.41) is 3.87. The summed E-state index contributed by atoms with van der Waals surface area (Å²) >= 11 is 1.56. The highest BCUT2D eigenvalue weighted by molar-refractivity contribution is 7.08. The number of H-pyrrole nitrogens is 1. The summed E-state index contributed by atoms with van der Waals surface area (Å²) in [5.74, 6) is 0.0729. The normalized spacial score (nSPS) is 10.2. The summed E-state index contributed by atoms with van der Waals surface area (Å²) in [6.45, 7) is 1.95. The first-order valence-electron chi connectivity index (χ1n) is 4.00. The summed E-state index contributed by atoms with van der Waals surface area (Å²) in [6.07, 6.45) is 1.76. The lowest BCUT2D eigenvalue weighted by Crippen LogP contribution is -2.01. The molecule has 13 heavy (non-hydrogen) atoms. The Labute approximate surface area is 80.2 Å². The highest BCUT2D eigenvalue weighted by atomic mass is 32.1. The molecule has 3 heteroatoms. The molecular weight excluding hydrogens is 182 g/mol. The molecule has 0 atom stereocenters. The number of carbonyl (C=O) groups excluding carboxylic acids is 1. The van der Waals surface area contributed by atoms with E-state index in [2.05, 4.69) is 4.98 Å². The number of carbonyl (C=O) groups is 1. The van der Waals surface area contributed by atoms with E-state index < -0.39 is 0 Å². The van der Waals surface area contributed by atoms with Gasteiger partial charge in [-0.3, -0.25) is 4.79 Å². The van der Waals surface area contributed by atoms with Crippen molar-refractivity contribution in [2.75, 3.05) is 0 Å². The maximum absolute atomic E-state index is 11.8. The molecular formula is C10H9NOS. The second-order valence-corrected chi connectivity index (χ2v) is 3.62. The monoisotopic (exact) mass is 191 g/mol. The quantitative estimate of drug-likeness (QED) is 0.727. The number of hydrogen-bond donors (Lipinski definition) is 1. The molecule has 2 nitrogen and oxygen atoms in total. The van der Waals surface area contributed by atoms with Gasteiger partial charge in [0, 0.05) is 17.1 Å². The van der Waals surface area contributed by atoms with Crippen LogP contribution in [0.4, 0.5) is 0 Å². The number of rotatable bonds is 2. The molecule has 0 aromatic carbocycles. The summed E-state index contributed by atoms with van der Waals surface area (Å²) in [5.41, 5.74) is 2.50. The molecule has 66 valence electrons. The largest absolute Gasteiger partial charge is 0.359 e. The molecule has 0 aliphatic heterocycles. The van der Waals surface area contributed by atoms with E-state index in [0.29, 0.717) is 5.69 Å². The van der Waals surface area contributed by atoms with Crippen molar-refractivity contribution in [2.45, 2.75) is 6.92 Å². The molecule has 0 amide bonds. The molecule has 0 saturated carbocycles. The Morgan fingerprint density at radius 1 is 1.46 bits per heavy atom. The Hall–Kier alpha value is -1.35. The Kier molecular flexibility index (Phi) is 2.02. The van der Waals surface area contributed by atoms with Crippen molar-refractivity contribution < 1.29 is 4.79 Å². The molecule has 0 fully saturated rings. The van der Waals surface area contributed by atoms with E-state index in [1.165, 1.54) is 0 Å². The van der Waals surface area contributed by atoms with Crippen LogP contribution in [0.5, 0.6) is 0 Å². The Morgan fingerprint density at radius 3 is 2.85 bits per heavy atom. The second kappa shape index (κ2) is 3.18. The van der Waals surface area contributed by atoms with Gasteiger partial charge in [-0.05, 0) is 30.0 Å². The maximum atomic E-state index is 11.8. The van der Waals surface area contributed by atoms with Crippen LogP contribution in [0.25, 0.3) is 0 Å². The predicted octanol–water partition coefficient (Wildman–Crippen LogP) is 2.62. The first-order chi connectivity index (χ1) is 6.29. The summed E-state index contributed by atoms with van der Waals surface area (Å²) in [7, 11) is 0. The highest BCUT2D eigenvalue weighted by Crippen LogP contribution is 2.16. The van der Waals surface area contributed by atoms with Crippen LogP contribution < -0.4 is 0 Å². The van der Waals surface area contributed by atoms with Crippen LogP contribution >= 0.6 is 11.3 Å². The second-order valence-electron chi connectivity index (χ2n) is 2.88. The first-order valence-corrected chi connectivity index (χ1v) is 4.94. The molecule has 0 aliphatic rings. The molecule has 0 saturated heterocycles. The minimum Gasteiger partial charge on any atom is -0.359 e. The smallest absolute Gasteiger partial charge is 0.210 e. The maximum Gasteiger partial charge on any atom is 0.210 e. The van der Waals surface area contributed by atoms with Crippen molar-refractivity contribution in [3.8, 4) is 0 Å². The average Bonchev–Trinajstić information content (AvgIpc) is 2.72. The van der Waals surface area contributed by atoms with Crippen molar-refractivity contribution in [1.29, 1.82) is 0 Å². The van der Waals surface area contributed by atoms with E-state index in [-0.39, 0.29) is 5.78 Å². The Bertz CT molecular complexity index is 414.